The predicted octanol–water partition coefficient (Wildman–Crippen LogP) is 2.50. The van der Waals surface area contributed by atoms with E-state index >= 15 is 0 Å². The van der Waals surface area contributed by atoms with Crippen LogP contribution >= 0.6 is 0 Å². The molecule has 6 heteroatoms. The quantitative estimate of drug-likeness (QED) is 0.857. The zero-order valence-corrected chi connectivity index (χ0v) is 13.3. The monoisotopic (exact) mass is 303 g/mol. The van der Waals surface area contributed by atoms with Crippen molar-refractivity contribution in [3.8, 4) is 5.75 Å². The fourth-order valence-corrected chi connectivity index (χ4v) is 1.98. The molecule has 0 saturated carbocycles. The molecule has 0 aliphatic heterocycles. The number of nitrogens with one attached hydrogen (secondary N) is 2. The van der Waals surface area contributed by atoms with Crippen molar-refractivity contribution in [2.24, 2.45) is 0 Å². The van der Waals surface area contributed by atoms with Crippen molar-refractivity contribution >= 4 is 11.6 Å². The summed E-state index contributed by atoms with van der Waals surface area (Å²) in [5.74, 6) is 1.27. The molecule has 0 aliphatic rings. The molecule has 6 nitrogen and oxygen atoms in total. The Bertz CT molecular complexity index is 632. The first-order valence-corrected chi connectivity index (χ1v) is 7.03. The third-order valence-electron chi connectivity index (χ3n) is 3.21. The lowest BCUT2D eigenvalue weighted by molar-refractivity contribution is -0.124. The number of nitrogens with zero attached hydrogens (tertiary/aromatic N) is 1. The van der Waals surface area contributed by atoms with Gasteiger partial charge in [-0.1, -0.05) is 5.16 Å². The topological polar surface area (TPSA) is 76.4 Å². The van der Waals surface area contributed by atoms with E-state index in [1.165, 1.54) is 0 Å². The molecule has 0 bridgehead atoms. The highest BCUT2D eigenvalue weighted by atomic mass is 16.5. The molecule has 0 radical (unpaired) electrons. The average Bonchev–Trinajstić information content (AvgIpc) is 2.90. The molecular formula is C16H21N3O3. The van der Waals surface area contributed by atoms with E-state index in [0.29, 0.717) is 12.3 Å². The number of hydrogen-bond donors (Lipinski definition) is 2. The smallest absolute Gasteiger partial charge is 0.245 e. The number of benzene rings is 1. The Kier molecular flexibility index (Phi) is 4.70. The molecular weight excluding hydrogens is 282 g/mol. The SMILES string of the molecule is COc1ccc(NC(C)(C)C(=O)NCc2cc(C)no2)cc1. The second kappa shape index (κ2) is 6.51. The standard InChI is InChI=1S/C16H21N3O3/c1-11-9-14(22-19-11)10-17-15(20)16(2,3)18-12-5-7-13(21-4)8-6-12/h5-9,18H,10H2,1-4H3,(H,17,20). The van der Waals surface area contributed by atoms with E-state index in [1.807, 2.05) is 45.0 Å². The molecule has 0 aliphatic carbocycles. The maximum atomic E-state index is 12.3. The molecule has 1 aromatic carbocycles. The van der Waals surface area contributed by atoms with Crippen molar-refractivity contribution in [2.75, 3.05) is 12.4 Å². The average molecular weight is 303 g/mol. The fourth-order valence-electron chi connectivity index (χ4n) is 1.98. The Morgan fingerprint density at radius 3 is 2.55 bits per heavy atom. The Morgan fingerprint density at radius 1 is 1.32 bits per heavy atom. The summed E-state index contributed by atoms with van der Waals surface area (Å²) in [6.07, 6.45) is 0. The zero-order chi connectivity index (χ0) is 16.2. The third-order valence-corrected chi connectivity index (χ3v) is 3.21. The summed E-state index contributed by atoms with van der Waals surface area (Å²) >= 11 is 0. The van der Waals surface area contributed by atoms with Gasteiger partial charge in [0.05, 0.1) is 19.3 Å². The Labute approximate surface area is 129 Å². The first kappa shape index (κ1) is 15.9. The Morgan fingerprint density at radius 2 is 2.00 bits per heavy atom. The minimum Gasteiger partial charge on any atom is -0.497 e. The highest BCUT2D eigenvalue weighted by molar-refractivity contribution is 5.88. The molecule has 2 N–H and O–H groups in total. The molecule has 0 spiro atoms. The van der Waals surface area contributed by atoms with Gasteiger partial charge >= 0.3 is 0 Å². The van der Waals surface area contributed by atoms with Crippen LogP contribution in [0.5, 0.6) is 5.75 Å². The van der Waals surface area contributed by atoms with Crippen molar-refractivity contribution in [1.82, 2.24) is 10.5 Å². The van der Waals surface area contributed by atoms with Crippen LogP contribution in [0.15, 0.2) is 34.9 Å². The third kappa shape index (κ3) is 4.00. The Balaban J connectivity index is 1.94. The minimum atomic E-state index is -0.760. The largest absolute Gasteiger partial charge is 0.497 e. The number of carbonyl (C=O) groups is 1. The number of anilines is 1. The van der Waals surface area contributed by atoms with Gasteiger partial charge in [-0.3, -0.25) is 4.79 Å². The van der Waals surface area contributed by atoms with E-state index in [4.69, 9.17) is 9.26 Å². The van der Waals surface area contributed by atoms with Gasteiger partial charge in [0.2, 0.25) is 5.91 Å². The highest BCUT2D eigenvalue weighted by Crippen LogP contribution is 2.19. The number of aryl methyl sites for hydroxylation is 1. The number of hydrogen-bond acceptors (Lipinski definition) is 5. The maximum Gasteiger partial charge on any atom is 0.245 e. The van der Waals surface area contributed by atoms with Crippen molar-refractivity contribution in [3.63, 3.8) is 0 Å². The number of aromatic nitrogens is 1. The number of methoxy groups -OCH3 is 1. The molecule has 0 atom stereocenters. The van der Waals surface area contributed by atoms with Gasteiger partial charge in [0, 0.05) is 11.8 Å². The van der Waals surface area contributed by atoms with Crippen LogP contribution in [0.1, 0.15) is 25.3 Å². The summed E-state index contributed by atoms with van der Waals surface area (Å²) in [6, 6.07) is 9.22. The summed E-state index contributed by atoms with van der Waals surface area (Å²) < 4.78 is 10.2. The van der Waals surface area contributed by atoms with Crippen LogP contribution in [0.3, 0.4) is 0 Å². The van der Waals surface area contributed by atoms with Crippen LogP contribution in [0.25, 0.3) is 0 Å². The van der Waals surface area contributed by atoms with Crippen LogP contribution in [-0.4, -0.2) is 23.7 Å². The molecule has 1 aromatic heterocycles. The van der Waals surface area contributed by atoms with Gasteiger partial charge in [-0.25, -0.2) is 0 Å². The van der Waals surface area contributed by atoms with Crippen LogP contribution in [0.2, 0.25) is 0 Å². The molecule has 0 fully saturated rings. The molecule has 1 heterocycles. The van der Waals surface area contributed by atoms with E-state index in [2.05, 4.69) is 15.8 Å². The van der Waals surface area contributed by atoms with Gasteiger partial charge < -0.3 is 19.9 Å². The number of carbonyl (C=O) groups excluding carboxylic acids is 1. The number of rotatable bonds is 6. The normalized spacial score (nSPS) is 11.1. The molecule has 118 valence electrons. The van der Waals surface area contributed by atoms with Crippen LogP contribution in [-0.2, 0) is 11.3 Å². The van der Waals surface area contributed by atoms with Crippen molar-refractivity contribution in [1.29, 1.82) is 0 Å². The van der Waals surface area contributed by atoms with Gasteiger partial charge in [-0.2, -0.15) is 0 Å². The van der Waals surface area contributed by atoms with Crippen molar-refractivity contribution in [2.45, 2.75) is 32.9 Å². The van der Waals surface area contributed by atoms with E-state index in [-0.39, 0.29) is 5.91 Å². The minimum absolute atomic E-state index is 0.127. The van der Waals surface area contributed by atoms with Crippen LogP contribution in [0.4, 0.5) is 5.69 Å². The van der Waals surface area contributed by atoms with E-state index in [9.17, 15) is 4.79 Å². The lowest BCUT2D eigenvalue weighted by atomic mass is 10.0. The first-order chi connectivity index (χ1) is 10.4. The molecule has 22 heavy (non-hydrogen) atoms. The lowest BCUT2D eigenvalue weighted by Crippen LogP contribution is -2.47. The van der Waals surface area contributed by atoms with E-state index in [0.717, 1.165) is 17.1 Å². The fraction of sp³-hybridized carbons (Fsp3) is 0.375. The van der Waals surface area contributed by atoms with E-state index in [1.54, 1.807) is 13.2 Å². The lowest BCUT2D eigenvalue weighted by Gasteiger charge is -2.26. The number of ether oxygens (including phenoxy) is 1. The molecule has 2 aromatic rings. The Hall–Kier alpha value is -2.50. The summed E-state index contributed by atoms with van der Waals surface area (Å²) in [5, 5.41) is 9.82. The second-order valence-corrected chi connectivity index (χ2v) is 5.60. The van der Waals surface area contributed by atoms with Crippen LogP contribution < -0.4 is 15.4 Å². The highest BCUT2D eigenvalue weighted by Gasteiger charge is 2.27. The summed E-state index contributed by atoms with van der Waals surface area (Å²) in [5.41, 5.74) is 0.875. The predicted molar refractivity (Wildman–Crippen MR) is 83.8 cm³/mol. The number of amides is 1. The zero-order valence-electron chi connectivity index (χ0n) is 13.3. The molecule has 2 rings (SSSR count). The van der Waals surface area contributed by atoms with Gasteiger partial charge in [0.25, 0.3) is 0 Å². The first-order valence-electron chi connectivity index (χ1n) is 7.03. The van der Waals surface area contributed by atoms with E-state index < -0.39 is 5.54 Å². The van der Waals surface area contributed by atoms with Gasteiger partial charge in [0.15, 0.2) is 5.76 Å². The van der Waals surface area contributed by atoms with Gasteiger partial charge in [0.1, 0.15) is 11.3 Å². The summed E-state index contributed by atoms with van der Waals surface area (Å²) in [7, 11) is 1.62. The molecule has 1 amide bonds. The molecule has 0 unspecified atom stereocenters. The van der Waals surface area contributed by atoms with Crippen molar-refractivity contribution < 1.29 is 14.1 Å². The molecule has 0 saturated heterocycles. The van der Waals surface area contributed by atoms with Gasteiger partial charge in [-0.05, 0) is 45.0 Å². The van der Waals surface area contributed by atoms with Crippen LogP contribution in [0, 0.1) is 6.92 Å². The summed E-state index contributed by atoms with van der Waals surface area (Å²) in [6.45, 7) is 5.79. The second-order valence-electron chi connectivity index (χ2n) is 5.60. The van der Waals surface area contributed by atoms with Crippen molar-refractivity contribution in [3.05, 3.63) is 41.8 Å². The summed E-state index contributed by atoms with van der Waals surface area (Å²) in [4.78, 5) is 12.3. The maximum absolute atomic E-state index is 12.3. The van der Waals surface area contributed by atoms with Gasteiger partial charge in [-0.15, -0.1) is 0 Å².